The van der Waals surface area contributed by atoms with Crippen LogP contribution in [0, 0.1) is 0 Å². The predicted molar refractivity (Wildman–Crippen MR) is 131 cm³/mol. The molecule has 0 radical (unpaired) electrons. The molecule has 2 aromatic heterocycles. The summed E-state index contributed by atoms with van der Waals surface area (Å²) in [5.74, 6) is -0.515. The van der Waals surface area contributed by atoms with Crippen LogP contribution in [0.25, 0.3) is 11.8 Å². The molecular formula is C26H19N3O4S. The fourth-order valence-corrected chi connectivity index (χ4v) is 4.55. The summed E-state index contributed by atoms with van der Waals surface area (Å²) < 4.78 is 7.30. The summed E-state index contributed by atoms with van der Waals surface area (Å²) in [5, 5.41) is 9.89. The molecule has 0 saturated carbocycles. The number of para-hydroxylation sites is 1. The molecule has 7 nitrogen and oxygen atoms in total. The standard InChI is InChI=1S/C26H19N3O4S/c30-24-23(16-21-11-5-13-28(21)20-10-4-7-18(15-20)25(31)32)34-26(27-19-8-2-1-3-9-19)29(24)17-22-12-6-14-33-22/h1-16H,17H2,(H,31,32)/b23-16+,27-26?. The van der Waals surface area contributed by atoms with Crippen LogP contribution < -0.4 is 0 Å². The first-order valence-corrected chi connectivity index (χ1v) is 11.3. The van der Waals surface area contributed by atoms with E-state index in [2.05, 4.69) is 0 Å². The predicted octanol–water partition coefficient (Wildman–Crippen LogP) is 5.57. The Kier molecular flexibility index (Phi) is 5.88. The van der Waals surface area contributed by atoms with Gasteiger partial charge in [0.1, 0.15) is 5.76 Å². The lowest BCUT2D eigenvalue weighted by Crippen LogP contribution is -2.28. The van der Waals surface area contributed by atoms with Crippen molar-refractivity contribution in [2.24, 2.45) is 4.99 Å². The third kappa shape index (κ3) is 4.44. The lowest BCUT2D eigenvalue weighted by molar-refractivity contribution is -0.122. The minimum Gasteiger partial charge on any atom is -0.478 e. The van der Waals surface area contributed by atoms with Crippen molar-refractivity contribution in [2.45, 2.75) is 6.54 Å². The zero-order valence-electron chi connectivity index (χ0n) is 17.9. The Balaban J connectivity index is 1.51. The smallest absolute Gasteiger partial charge is 0.335 e. The zero-order chi connectivity index (χ0) is 23.5. The average Bonchev–Trinajstić information content (AvgIpc) is 3.59. The molecule has 1 amide bonds. The number of amidine groups is 1. The number of aromatic nitrogens is 1. The van der Waals surface area contributed by atoms with Gasteiger partial charge in [0.05, 0.1) is 29.0 Å². The number of nitrogens with zero attached hydrogens (tertiary/aromatic N) is 3. The zero-order valence-corrected chi connectivity index (χ0v) is 18.7. The lowest BCUT2D eigenvalue weighted by Gasteiger charge is -2.13. The van der Waals surface area contributed by atoms with Crippen LogP contribution in [0.1, 0.15) is 21.8 Å². The molecule has 0 aliphatic carbocycles. The Hall–Kier alpha value is -4.30. The molecule has 34 heavy (non-hydrogen) atoms. The molecule has 0 bridgehead atoms. The largest absolute Gasteiger partial charge is 0.478 e. The monoisotopic (exact) mass is 469 g/mol. The second kappa shape index (κ2) is 9.29. The van der Waals surface area contributed by atoms with Gasteiger partial charge in [0.2, 0.25) is 0 Å². The molecule has 5 rings (SSSR count). The Labute approximate surface area is 199 Å². The molecular weight excluding hydrogens is 450 g/mol. The second-order valence-electron chi connectivity index (χ2n) is 7.47. The van der Waals surface area contributed by atoms with Crippen LogP contribution in [0.5, 0.6) is 0 Å². The Bertz CT molecular complexity index is 1400. The maximum absolute atomic E-state index is 13.4. The molecule has 168 valence electrons. The molecule has 8 heteroatoms. The maximum atomic E-state index is 13.4. The second-order valence-corrected chi connectivity index (χ2v) is 8.48. The van der Waals surface area contributed by atoms with Gasteiger partial charge >= 0.3 is 5.97 Å². The summed E-state index contributed by atoms with van der Waals surface area (Å²) in [5.41, 5.74) is 2.38. The van der Waals surface area contributed by atoms with Gasteiger partial charge in [-0.2, -0.15) is 0 Å². The number of hydrogen-bond donors (Lipinski definition) is 1. The van der Waals surface area contributed by atoms with Crippen molar-refractivity contribution in [1.82, 2.24) is 9.47 Å². The number of carbonyl (C=O) groups is 2. The van der Waals surface area contributed by atoms with Crippen LogP contribution in [0.15, 0.2) is 106 Å². The maximum Gasteiger partial charge on any atom is 0.335 e. The number of aliphatic imine (C=N–C) groups is 1. The number of rotatable bonds is 6. The SMILES string of the molecule is O=C(O)c1cccc(-n2cccc2/C=C2/SC(=Nc3ccccc3)N(Cc3ccco3)C2=O)c1. The third-order valence-corrected chi connectivity index (χ3v) is 6.20. The molecule has 1 aliphatic heterocycles. The van der Waals surface area contributed by atoms with Crippen molar-refractivity contribution in [3.63, 3.8) is 0 Å². The first-order chi connectivity index (χ1) is 16.6. The van der Waals surface area contributed by atoms with E-state index in [1.165, 1.54) is 11.8 Å². The fourth-order valence-electron chi connectivity index (χ4n) is 3.57. The van der Waals surface area contributed by atoms with E-state index in [-0.39, 0.29) is 18.0 Å². The molecule has 1 saturated heterocycles. The Morgan fingerprint density at radius 1 is 1.03 bits per heavy atom. The van der Waals surface area contributed by atoms with Gasteiger partial charge in [-0.25, -0.2) is 9.79 Å². The van der Waals surface area contributed by atoms with Crippen molar-refractivity contribution in [2.75, 3.05) is 0 Å². The third-order valence-electron chi connectivity index (χ3n) is 5.19. The molecule has 1 fully saturated rings. The molecule has 4 aromatic rings. The Morgan fingerprint density at radius 2 is 1.88 bits per heavy atom. The first-order valence-electron chi connectivity index (χ1n) is 10.5. The van der Waals surface area contributed by atoms with Crippen LogP contribution in [0.4, 0.5) is 5.69 Å². The molecule has 2 aromatic carbocycles. The highest BCUT2D eigenvalue weighted by molar-refractivity contribution is 8.18. The number of carbonyl (C=O) groups excluding carboxylic acids is 1. The number of carboxylic acids is 1. The number of carboxylic acid groups (broad SMARTS) is 1. The van der Waals surface area contributed by atoms with E-state index in [0.29, 0.717) is 21.5 Å². The van der Waals surface area contributed by atoms with Crippen molar-refractivity contribution in [1.29, 1.82) is 0 Å². The molecule has 0 unspecified atom stereocenters. The summed E-state index contributed by atoms with van der Waals surface area (Å²) in [6.45, 7) is 0.267. The number of amides is 1. The minimum absolute atomic E-state index is 0.178. The highest BCUT2D eigenvalue weighted by atomic mass is 32.2. The van der Waals surface area contributed by atoms with Crippen LogP contribution >= 0.6 is 11.8 Å². The van der Waals surface area contributed by atoms with Crippen molar-refractivity contribution in [3.8, 4) is 5.69 Å². The molecule has 0 atom stereocenters. The van der Waals surface area contributed by atoms with E-state index < -0.39 is 5.97 Å². The summed E-state index contributed by atoms with van der Waals surface area (Å²) in [6.07, 6.45) is 5.20. The highest BCUT2D eigenvalue weighted by Gasteiger charge is 2.34. The number of aromatic carboxylic acids is 1. The van der Waals surface area contributed by atoms with E-state index in [1.807, 2.05) is 65.4 Å². The number of hydrogen-bond acceptors (Lipinski definition) is 5. The molecule has 3 heterocycles. The summed E-state index contributed by atoms with van der Waals surface area (Å²) in [7, 11) is 0. The van der Waals surface area contributed by atoms with Gasteiger partial charge < -0.3 is 14.1 Å². The highest BCUT2D eigenvalue weighted by Crippen LogP contribution is 2.35. The van der Waals surface area contributed by atoms with Gasteiger partial charge in [-0.1, -0.05) is 24.3 Å². The van der Waals surface area contributed by atoms with E-state index >= 15 is 0 Å². The first kappa shape index (κ1) is 21.5. The van der Waals surface area contributed by atoms with Crippen LogP contribution in [-0.4, -0.2) is 31.6 Å². The molecule has 1 N–H and O–H groups in total. The van der Waals surface area contributed by atoms with Crippen LogP contribution in [-0.2, 0) is 11.3 Å². The average molecular weight is 470 g/mol. The van der Waals surface area contributed by atoms with Crippen LogP contribution in [0.2, 0.25) is 0 Å². The van der Waals surface area contributed by atoms with Gasteiger partial charge in [0, 0.05) is 17.6 Å². The van der Waals surface area contributed by atoms with Crippen molar-refractivity contribution < 1.29 is 19.1 Å². The fraction of sp³-hybridized carbons (Fsp3) is 0.0385. The van der Waals surface area contributed by atoms with Crippen molar-refractivity contribution in [3.05, 3.63) is 113 Å². The normalized spacial score (nSPS) is 16.0. The minimum atomic E-state index is -0.995. The van der Waals surface area contributed by atoms with Gasteiger partial charge in [0.15, 0.2) is 5.17 Å². The summed E-state index contributed by atoms with van der Waals surface area (Å²) in [4.78, 5) is 31.6. The number of furan rings is 1. The summed E-state index contributed by atoms with van der Waals surface area (Å²) >= 11 is 1.29. The van der Waals surface area contributed by atoms with Gasteiger partial charge in [-0.05, 0) is 72.4 Å². The number of benzene rings is 2. The number of thioether (sulfide) groups is 1. The van der Waals surface area contributed by atoms with Gasteiger partial charge in [-0.3, -0.25) is 9.69 Å². The van der Waals surface area contributed by atoms with Crippen LogP contribution in [0.3, 0.4) is 0 Å². The Morgan fingerprint density at radius 3 is 2.65 bits per heavy atom. The van der Waals surface area contributed by atoms with E-state index in [1.54, 1.807) is 41.5 Å². The molecule has 1 aliphatic rings. The van der Waals surface area contributed by atoms with E-state index in [4.69, 9.17) is 9.41 Å². The quantitative estimate of drug-likeness (QED) is 0.373. The topological polar surface area (TPSA) is 88.0 Å². The van der Waals surface area contributed by atoms with E-state index in [0.717, 1.165) is 11.4 Å². The van der Waals surface area contributed by atoms with Gasteiger partial charge in [0.25, 0.3) is 5.91 Å². The lowest BCUT2D eigenvalue weighted by atomic mass is 10.2. The molecule has 0 spiro atoms. The van der Waals surface area contributed by atoms with Crippen molar-refractivity contribution >= 4 is 40.6 Å². The summed E-state index contributed by atoms with van der Waals surface area (Å²) in [6, 6.07) is 23.5. The van der Waals surface area contributed by atoms with Gasteiger partial charge in [-0.15, -0.1) is 0 Å². The van der Waals surface area contributed by atoms with E-state index in [9.17, 15) is 14.7 Å².